The molecule has 2 aromatic carbocycles. The smallest absolute Gasteiger partial charge is 0.294 e. The van der Waals surface area contributed by atoms with Crippen molar-refractivity contribution >= 4 is 26.4 Å². The minimum Gasteiger partial charge on any atom is -0.447 e. The monoisotopic (exact) mass is 630 g/mol. The van der Waals surface area contributed by atoms with Gasteiger partial charge in [0, 0.05) is 17.5 Å². The van der Waals surface area contributed by atoms with Crippen LogP contribution in [0.5, 0.6) is 5.75 Å². The zero-order valence-corrected chi connectivity index (χ0v) is 29.1. The number of nitrogens with zero attached hydrogens (tertiary/aromatic N) is 1. The fraction of sp³-hybridized carbons (Fsp3) is 0.429. The van der Waals surface area contributed by atoms with Gasteiger partial charge < -0.3 is 15.4 Å². The molecule has 4 N–H and O–H groups in total. The van der Waals surface area contributed by atoms with Gasteiger partial charge >= 0.3 is 0 Å². The number of carbonyl (C=O) groups excluding carboxylic acids is 1. The molecule has 0 radical (unpaired) electrons. The number of benzene rings is 2. The molecule has 0 heterocycles. The summed E-state index contributed by atoms with van der Waals surface area (Å²) >= 11 is 0. The highest BCUT2D eigenvalue weighted by molar-refractivity contribution is 7.17. The number of aryl methyl sites for hydroxylation is 3. The largest absolute Gasteiger partial charge is 0.447 e. The Hall–Kier alpha value is -3.19. The molecule has 0 aliphatic carbocycles. The topological polar surface area (TPSA) is 88.7 Å². The van der Waals surface area contributed by atoms with Crippen LogP contribution in [0.2, 0.25) is 0 Å². The fourth-order valence-electron chi connectivity index (χ4n) is 3.70. The van der Waals surface area contributed by atoms with Crippen LogP contribution in [0.15, 0.2) is 71.9 Å². The first-order valence-corrected chi connectivity index (χ1v) is 15.4. The van der Waals surface area contributed by atoms with Crippen molar-refractivity contribution < 1.29 is 18.3 Å². The average Bonchev–Trinajstić information content (AvgIpc) is 2.98. The molecule has 6 nitrogen and oxygen atoms in total. The number of nitrogens with two attached hydrogens (primary N) is 1. The highest BCUT2D eigenvalue weighted by Gasteiger charge is 2.20. The van der Waals surface area contributed by atoms with E-state index >= 15 is 0 Å². The maximum absolute atomic E-state index is 13.5. The Morgan fingerprint density at radius 2 is 1.80 bits per heavy atom. The van der Waals surface area contributed by atoms with Crippen molar-refractivity contribution in [3.05, 3.63) is 94.7 Å². The normalized spacial score (nSPS) is 13.6. The number of hydrogen-bond donors (Lipinski definition) is 3. The van der Waals surface area contributed by atoms with Gasteiger partial charge in [0.2, 0.25) is 0 Å². The Labute approximate surface area is 266 Å². The molecule has 0 fully saturated rings. The lowest BCUT2D eigenvalue weighted by Gasteiger charge is -2.20. The summed E-state index contributed by atoms with van der Waals surface area (Å²) in [5.41, 5.74) is 12.8. The van der Waals surface area contributed by atoms with E-state index in [4.69, 9.17) is 10.5 Å². The van der Waals surface area contributed by atoms with Gasteiger partial charge in [-0.3, -0.25) is 15.5 Å². The van der Waals surface area contributed by atoms with Gasteiger partial charge in [-0.15, -0.1) is 0 Å². The Bertz CT molecular complexity index is 1270. The third-order valence-corrected chi connectivity index (χ3v) is 7.09. The highest BCUT2D eigenvalue weighted by Crippen LogP contribution is 2.23. The Morgan fingerprint density at radius 1 is 1.14 bits per heavy atom. The zero-order valence-electron chi connectivity index (χ0n) is 27.9. The Kier molecular flexibility index (Phi) is 20.7. The number of amides is 1. The molecule has 1 amide bonds. The van der Waals surface area contributed by atoms with Gasteiger partial charge in [-0.1, -0.05) is 58.7 Å². The van der Waals surface area contributed by atoms with E-state index < -0.39 is 18.4 Å². The van der Waals surface area contributed by atoms with Crippen LogP contribution in [-0.2, 0) is 6.42 Å². The van der Waals surface area contributed by atoms with E-state index in [0.29, 0.717) is 24.3 Å². The first kappa shape index (κ1) is 40.8. The van der Waals surface area contributed by atoms with Gasteiger partial charge in [0.25, 0.3) is 12.4 Å². The molecule has 244 valence electrons. The summed E-state index contributed by atoms with van der Waals surface area (Å²) in [7, 11) is 3.93. The number of carbonyl (C=O) groups is 1. The summed E-state index contributed by atoms with van der Waals surface area (Å²) in [5, 5.41) is 5.76. The molecule has 0 aliphatic heterocycles. The van der Waals surface area contributed by atoms with Crippen molar-refractivity contribution in [2.45, 2.75) is 86.7 Å². The summed E-state index contributed by atoms with van der Waals surface area (Å²) < 4.78 is 30.8. The van der Waals surface area contributed by atoms with Crippen LogP contribution in [-0.4, -0.2) is 43.6 Å². The number of halogens is 2. The van der Waals surface area contributed by atoms with Crippen LogP contribution >= 0.6 is 9.24 Å². The molecule has 44 heavy (non-hydrogen) atoms. The average molecular weight is 631 g/mol. The van der Waals surface area contributed by atoms with Crippen molar-refractivity contribution in [2.24, 2.45) is 10.7 Å². The summed E-state index contributed by atoms with van der Waals surface area (Å²) in [6.07, 6.45) is 7.03. The minimum absolute atomic E-state index is 0.201. The minimum atomic E-state index is -1.77. The number of hydrogen-bond acceptors (Lipinski definition) is 5. The lowest BCUT2D eigenvalue weighted by atomic mass is 10.0. The first-order chi connectivity index (χ1) is 20.7. The van der Waals surface area contributed by atoms with E-state index in [0.717, 1.165) is 40.0 Å². The second-order valence-corrected chi connectivity index (χ2v) is 11.0. The number of nitrogens with one attached hydrogen (secondary N) is 2. The van der Waals surface area contributed by atoms with Crippen LogP contribution in [0.3, 0.4) is 0 Å². The number of ether oxygens (including phenoxy) is 1. The summed E-state index contributed by atoms with van der Waals surface area (Å²) in [6, 6.07) is 10.8. The van der Waals surface area contributed by atoms with Crippen molar-refractivity contribution in [1.29, 1.82) is 0 Å². The van der Waals surface area contributed by atoms with E-state index in [-0.39, 0.29) is 5.91 Å². The van der Waals surface area contributed by atoms with E-state index in [9.17, 15) is 13.6 Å². The molecule has 0 aliphatic rings. The van der Waals surface area contributed by atoms with E-state index in [1.165, 1.54) is 5.57 Å². The standard InChI is InChI=1S/C15H24FN2OP.C12H16FNO.C8H13N/c1-4-11-9-10(2)5-6-12(11)15(19)18-13(14(16)20)7-8-17-3;1-4-8(2)10-5-6-11(9(3)7-10)15-12(13)14;1-5-6-9-8(4)7(2)3/h5-6,9,13-14,17H,4,7-8,20H2,1-3H3,(H,18,19);4-7,12H,14H2,1-3H3;5-6H,2H2,1,3-4H3/b;8-4+;6-5-,9-8?. The van der Waals surface area contributed by atoms with Gasteiger partial charge in [0.05, 0.1) is 6.04 Å². The van der Waals surface area contributed by atoms with Gasteiger partial charge in [0.1, 0.15) is 11.7 Å². The quantitative estimate of drug-likeness (QED) is 0.0960. The summed E-state index contributed by atoms with van der Waals surface area (Å²) in [4.78, 5) is 16.4. The van der Waals surface area contributed by atoms with Crippen LogP contribution < -0.4 is 21.1 Å². The molecular formula is C35H53F2N4O2P. The van der Waals surface area contributed by atoms with E-state index in [1.54, 1.807) is 12.3 Å². The molecule has 0 aromatic heterocycles. The van der Waals surface area contributed by atoms with E-state index in [2.05, 4.69) is 31.4 Å². The number of rotatable bonds is 12. The molecule has 0 saturated carbocycles. The van der Waals surface area contributed by atoms with Crippen molar-refractivity contribution in [3.63, 3.8) is 0 Å². The maximum atomic E-state index is 13.5. The SMILES string of the molecule is C/C=C(\C)c1ccc(OC(N)F)c(C)c1.C=C(C)C(C)=N/C=C\C.CCc1cc(C)ccc1C(=O)NC(CCNC)C(F)P. The highest BCUT2D eigenvalue weighted by atomic mass is 31.0. The zero-order chi connectivity index (χ0) is 33.8. The van der Waals surface area contributed by atoms with Crippen LogP contribution in [0.1, 0.15) is 80.6 Å². The summed E-state index contributed by atoms with van der Waals surface area (Å²) in [5.74, 6) is -0.867. The third-order valence-electron chi connectivity index (χ3n) is 6.63. The van der Waals surface area contributed by atoms with E-state index in [1.807, 2.05) is 105 Å². The van der Waals surface area contributed by atoms with Gasteiger partial charge in [-0.25, -0.2) is 4.39 Å². The molecule has 0 saturated heterocycles. The van der Waals surface area contributed by atoms with Gasteiger partial charge in [-0.05, 0) is 121 Å². The predicted molar refractivity (Wildman–Crippen MR) is 188 cm³/mol. The molecular weight excluding hydrogens is 577 g/mol. The first-order valence-electron chi connectivity index (χ1n) is 14.8. The number of alkyl halides is 2. The lowest BCUT2D eigenvalue weighted by molar-refractivity contribution is 0.0734. The Morgan fingerprint density at radius 3 is 2.27 bits per heavy atom. The van der Waals surface area contributed by atoms with Crippen LogP contribution in [0, 0.1) is 13.8 Å². The second-order valence-electron chi connectivity index (χ2n) is 10.3. The van der Waals surface area contributed by atoms with Crippen molar-refractivity contribution in [2.75, 3.05) is 13.6 Å². The van der Waals surface area contributed by atoms with Crippen molar-refractivity contribution in [1.82, 2.24) is 10.6 Å². The third kappa shape index (κ3) is 16.0. The molecule has 2 aromatic rings. The summed E-state index contributed by atoms with van der Waals surface area (Å²) in [6.45, 7) is 18.3. The van der Waals surface area contributed by atoms with Crippen LogP contribution in [0.25, 0.3) is 5.57 Å². The number of aliphatic imine (C=N–C) groups is 1. The molecule has 9 heteroatoms. The molecule has 2 rings (SSSR count). The van der Waals surface area contributed by atoms with Crippen LogP contribution in [0.4, 0.5) is 8.78 Å². The number of allylic oxidation sites excluding steroid dienone is 4. The fourth-order valence-corrected chi connectivity index (χ4v) is 3.99. The van der Waals surface area contributed by atoms with Crippen molar-refractivity contribution in [3.8, 4) is 5.75 Å². The second kappa shape index (κ2) is 22.3. The predicted octanol–water partition coefficient (Wildman–Crippen LogP) is 8.00. The Balaban J connectivity index is 0.000000679. The molecule has 0 bridgehead atoms. The maximum Gasteiger partial charge on any atom is 0.294 e. The van der Waals surface area contributed by atoms with Gasteiger partial charge in [0.15, 0.2) is 0 Å². The molecule has 0 spiro atoms. The van der Waals surface area contributed by atoms with Gasteiger partial charge in [-0.2, -0.15) is 4.39 Å². The lowest BCUT2D eigenvalue weighted by Crippen LogP contribution is -2.41. The molecule has 4 atom stereocenters. The molecule has 4 unspecified atom stereocenters.